The Morgan fingerprint density at radius 2 is 1.84 bits per heavy atom. The number of sulfonamides is 1. The number of carbonyl (C=O) groups is 2. The molecule has 0 saturated carbocycles. The van der Waals surface area contributed by atoms with Crippen LogP contribution >= 0.6 is 22.9 Å². The topological polar surface area (TPSA) is 135 Å². The van der Waals surface area contributed by atoms with Gasteiger partial charge in [-0.3, -0.25) is 4.79 Å². The van der Waals surface area contributed by atoms with Crippen LogP contribution in [-0.2, 0) is 21.2 Å². The number of rotatable bonds is 13. The molecule has 4 aromatic rings. The second-order valence-corrected chi connectivity index (χ2v) is 12.9. The average Bonchev–Trinajstić information content (AvgIpc) is 3.45. The molecule has 9 nitrogen and oxygen atoms in total. The summed E-state index contributed by atoms with van der Waals surface area (Å²) < 4.78 is 33.1. The Kier molecular flexibility index (Phi) is 10.7. The van der Waals surface area contributed by atoms with Crippen molar-refractivity contribution in [1.29, 1.82) is 0 Å². The Balaban J connectivity index is 1.47. The molecule has 0 saturated heterocycles. The summed E-state index contributed by atoms with van der Waals surface area (Å²) >= 11 is 7.40. The molecule has 1 aromatic heterocycles. The van der Waals surface area contributed by atoms with Crippen LogP contribution < -0.4 is 14.8 Å². The Labute approximate surface area is 259 Å². The Morgan fingerprint density at radius 1 is 1.07 bits per heavy atom. The first-order valence-electron chi connectivity index (χ1n) is 13.3. The number of hydrogen-bond acceptors (Lipinski definition) is 7. The molecule has 43 heavy (non-hydrogen) atoms. The SMILES string of the molecule is CC(C)c1csc(/C=C/c2cccc(C(=O)Nc3cc(CCNS(=O)(=O)c4ccc(Cl)cc4)ccc3OCC(=O)O)c2)n1. The normalized spacial score (nSPS) is 11.6. The Hall–Kier alpha value is -4.03. The quantitative estimate of drug-likeness (QED) is 0.156. The molecular formula is C31H30ClN3O6S2. The van der Waals surface area contributed by atoms with Crippen molar-refractivity contribution < 1.29 is 27.9 Å². The van der Waals surface area contributed by atoms with Gasteiger partial charge in [-0.2, -0.15) is 0 Å². The largest absolute Gasteiger partial charge is 0.480 e. The van der Waals surface area contributed by atoms with Crippen LogP contribution in [0.2, 0.25) is 5.02 Å². The van der Waals surface area contributed by atoms with Gasteiger partial charge in [0.2, 0.25) is 10.0 Å². The van der Waals surface area contributed by atoms with Crippen LogP contribution in [0, 0.1) is 0 Å². The number of carboxylic acids is 1. The zero-order valence-corrected chi connectivity index (χ0v) is 25.8. The highest BCUT2D eigenvalue weighted by Crippen LogP contribution is 2.27. The zero-order valence-electron chi connectivity index (χ0n) is 23.4. The van der Waals surface area contributed by atoms with Crippen molar-refractivity contribution in [2.75, 3.05) is 18.5 Å². The number of aliphatic carboxylic acids is 1. The van der Waals surface area contributed by atoms with Crippen molar-refractivity contribution in [3.05, 3.63) is 105 Å². The molecule has 0 atom stereocenters. The van der Waals surface area contributed by atoms with Crippen LogP contribution in [0.1, 0.15) is 52.0 Å². The maximum absolute atomic E-state index is 13.2. The zero-order chi connectivity index (χ0) is 31.0. The van der Waals surface area contributed by atoms with Crippen LogP contribution in [0.15, 0.2) is 77.0 Å². The van der Waals surface area contributed by atoms with E-state index in [1.807, 2.05) is 23.6 Å². The van der Waals surface area contributed by atoms with Gasteiger partial charge in [0.05, 0.1) is 16.3 Å². The predicted octanol–water partition coefficient (Wildman–Crippen LogP) is 6.33. The number of carbonyl (C=O) groups excluding carboxylic acids is 1. The van der Waals surface area contributed by atoms with Crippen molar-refractivity contribution in [2.24, 2.45) is 0 Å². The van der Waals surface area contributed by atoms with Gasteiger partial charge >= 0.3 is 5.97 Å². The van der Waals surface area contributed by atoms with Gasteiger partial charge in [0.1, 0.15) is 10.8 Å². The maximum Gasteiger partial charge on any atom is 0.341 e. The predicted molar refractivity (Wildman–Crippen MR) is 169 cm³/mol. The van der Waals surface area contributed by atoms with Gasteiger partial charge in [-0.15, -0.1) is 11.3 Å². The fourth-order valence-electron chi connectivity index (χ4n) is 3.91. The highest BCUT2D eigenvalue weighted by atomic mass is 35.5. The van der Waals surface area contributed by atoms with Gasteiger partial charge in [0.25, 0.3) is 5.91 Å². The number of carboxylic acid groups (broad SMARTS) is 1. The number of aromatic nitrogens is 1. The number of thiazole rings is 1. The molecule has 0 aliphatic heterocycles. The first-order valence-corrected chi connectivity index (χ1v) is 16.0. The monoisotopic (exact) mass is 639 g/mol. The van der Waals surface area contributed by atoms with E-state index >= 15 is 0 Å². The Bertz CT molecular complexity index is 1730. The molecule has 12 heteroatoms. The lowest BCUT2D eigenvalue weighted by Crippen LogP contribution is -2.26. The molecule has 0 bridgehead atoms. The second-order valence-electron chi connectivity index (χ2n) is 9.79. The molecule has 0 aliphatic carbocycles. The maximum atomic E-state index is 13.2. The van der Waals surface area contributed by atoms with E-state index in [9.17, 15) is 18.0 Å². The van der Waals surface area contributed by atoms with Gasteiger partial charge in [-0.1, -0.05) is 49.7 Å². The summed E-state index contributed by atoms with van der Waals surface area (Å²) in [5.41, 5.74) is 3.17. The summed E-state index contributed by atoms with van der Waals surface area (Å²) in [6.45, 7) is 3.66. The summed E-state index contributed by atoms with van der Waals surface area (Å²) in [5, 5.41) is 15.2. The standard InChI is InChI=1S/C31H30ClN3O6S2/c1-20(2)27-19-42-29(34-27)13-7-21-4-3-5-23(16-21)31(38)35-26-17-22(6-12-28(26)41-18-30(36)37)14-15-33-43(39,40)25-10-8-24(32)9-11-25/h3-13,16-17,19-20,33H,14-15,18H2,1-2H3,(H,35,38)(H,36,37)/b13-7+. The summed E-state index contributed by atoms with van der Waals surface area (Å²) in [4.78, 5) is 29.0. The van der Waals surface area contributed by atoms with Crippen molar-refractivity contribution >= 4 is 62.7 Å². The number of nitrogens with one attached hydrogen (secondary N) is 2. The minimum Gasteiger partial charge on any atom is -0.480 e. The number of benzene rings is 3. The number of ether oxygens (including phenoxy) is 1. The molecule has 1 heterocycles. The summed E-state index contributed by atoms with van der Waals surface area (Å²) in [7, 11) is -3.75. The van der Waals surface area contributed by atoms with Gasteiger partial charge < -0.3 is 15.2 Å². The van der Waals surface area contributed by atoms with E-state index in [4.69, 9.17) is 21.4 Å². The van der Waals surface area contributed by atoms with Gasteiger partial charge in [0, 0.05) is 22.5 Å². The molecular weight excluding hydrogens is 610 g/mol. The van der Waals surface area contributed by atoms with E-state index < -0.39 is 28.5 Å². The molecule has 3 N–H and O–H groups in total. The van der Waals surface area contributed by atoms with E-state index in [0.717, 1.165) is 16.3 Å². The fraction of sp³-hybridized carbons (Fsp3) is 0.194. The number of amides is 1. The fourth-order valence-corrected chi connectivity index (χ4v) is 5.94. The lowest BCUT2D eigenvalue weighted by atomic mass is 10.1. The van der Waals surface area contributed by atoms with Crippen molar-refractivity contribution in [1.82, 2.24) is 9.71 Å². The van der Waals surface area contributed by atoms with Crippen LogP contribution in [0.5, 0.6) is 5.75 Å². The van der Waals surface area contributed by atoms with Gasteiger partial charge in [0.15, 0.2) is 6.61 Å². The van der Waals surface area contributed by atoms with Crippen molar-refractivity contribution in [3.63, 3.8) is 0 Å². The molecule has 0 unspecified atom stereocenters. The Morgan fingerprint density at radius 3 is 2.53 bits per heavy atom. The molecule has 0 radical (unpaired) electrons. The minimum absolute atomic E-state index is 0.0831. The lowest BCUT2D eigenvalue weighted by Gasteiger charge is -2.14. The summed E-state index contributed by atoms with van der Waals surface area (Å²) in [5.74, 6) is -1.08. The van der Waals surface area contributed by atoms with Crippen molar-refractivity contribution in [2.45, 2.75) is 31.1 Å². The van der Waals surface area contributed by atoms with Crippen molar-refractivity contribution in [3.8, 4) is 5.75 Å². The third-order valence-corrected chi connectivity index (χ3v) is 8.73. The molecule has 0 spiro atoms. The third-order valence-electron chi connectivity index (χ3n) is 6.17. The van der Waals surface area contributed by atoms with Gasteiger partial charge in [-0.05, 0) is 78.1 Å². The molecule has 4 rings (SSSR count). The molecule has 3 aromatic carbocycles. The summed E-state index contributed by atoms with van der Waals surface area (Å²) in [6, 6.07) is 17.7. The van der Waals surface area contributed by atoms with E-state index in [1.165, 1.54) is 24.3 Å². The van der Waals surface area contributed by atoms with E-state index in [-0.39, 0.29) is 22.9 Å². The average molecular weight is 640 g/mol. The first kappa shape index (κ1) is 31.9. The molecule has 1 amide bonds. The minimum atomic E-state index is -3.75. The van der Waals surface area contributed by atoms with E-state index in [1.54, 1.807) is 47.7 Å². The smallest absolute Gasteiger partial charge is 0.341 e. The number of nitrogens with zero attached hydrogens (tertiary/aromatic N) is 1. The highest BCUT2D eigenvalue weighted by Gasteiger charge is 2.15. The van der Waals surface area contributed by atoms with E-state index in [2.05, 4.69) is 28.9 Å². The first-order chi connectivity index (χ1) is 20.5. The number of hydrogen-bond donors (Lipinski definition) is 3. The lowest BCUT2D eigenvalue weighted by molar-refractivity contribution is -0.139. The number of anilines is 1. The van der Waals surface area contributed by atoms with E-state index in [0.29, 0.717) is 28.5 Å². The third kappa shape index (κ3) is 9.23. The van der Waals surface area contributed by atoms with Gasteiger partial charge in [-0.25, -0.2) is 22.9 Å². The van der Waals surface area contributed by atoms with Crippen LogP contribution in [0.4, 0.5) is 5.69 Å². The highest BCUT2D eigenvalue weighted by molar-refractivity contribution is 7.89. The number of halogens is 1. The van der Waals surface area contributed by atoms with Crippen LogP contribution in [-0.4, -0.2) is 43.5 Å². The second kappa shape index (κ2) is 14.4. The summed E-state index contributed by atoms with van der Waals surface area (Å²) in [6.07, 6.45) is 4.08. The molecule has 0 fully saturated rings. The van der Waals surface area contributed by atoms with Crippen LogP contribution in [0.25, 0.3) is 12.2 Å². The molecule has 224 valence electrons. The molecule has 0 aliphatic rings. The van der Waals surface area contributed by atoms with Crippen LogP contribution in [0.3, 0.4) is 0 Å².